The first-order valence-electron chi connectivity index (χ1n) is 7.39. The average Bonchev–Trinajstić information content (AvgIpc) is 2.45. The molecule has 0 radical (unpaired) electrons. The van der Waals surface area contributed by atoms with Crippen LogP contribution in [0.25, 0.3) is 32.3 Å². The summed E-state index contributed by atoms with van der Waals surface area (Å²) in [6.07, 6.45) is 1.14. The Bertz CT molecular complexity index is 900. The SMILES string of the molecule is CC(C)Cc1cc2cccc3ccc4cccc1c4c32. The van der Waals surface area contributed by atoms with Crippen molar-refractivity contribution in [3.05, 3.63) is 60.2 Å². The van der Waals surface area contributed by atoms with Crippen LogP contribution in [0, 0.1) is 5.92 Å². The van der Waals surface area contributed by atoms with Gasteiger partial charge in [-0.1, -0.05) is 68.4 Å². The Kier molecular flexibility index (Phi) is 2.47. The van der Waals surface area contributed by atoms with Crippen molar-refractivity contribution >= 4 is 32.3 Å². The summed E-state index contributed by atoms with van der Waals surface area (Å²) in [5.41, 5.74) is 1.48. The molecule has 0 atom stereocenters. The Morgan fingerprint density at radius 2 is 1.40 bits per heavy atom. The van der Waals surface area contributed by atoms with E-state index in [1.54, 1.807) is 0 Å². The smallest absolute Gasteiger partial charge is 0.00240 e. The maximum Gasteiger partial charge on any atom is -0.00240 e. The van der Waals surface area contributed by atoms with Crippen LogP contribution < -0.4 is 0 Å². The standard InChI is InChI=1S/C20H18/c1-13(2)11-17-12-16-7-3-5-14-9-10-15-6-4-8-18(17)20(15)19(14)16/h3-10,12-13H,11H2,1-2H3. The molecule has 0 heteroatoms. The fraction of sp³-hybridized carbons (Fsp3) is 0.200. The fourth-order valence-corrected chi connectivity index (χ4v) is 3.45. The minimum atomic E-state index is 0.681. The van der Waals surface area contributed by atoms with Gasteiger partial charge in [0.2, 0.25) is 0 Å². The predicted molar refractivity (Wildman–Crippen MR) is 88.7 cm³/mol. The average molecular weight is 258 g/mol. The Labute approximate surface area is 119 Å². The third-order valence-corrected chi connectivity index (χ3v) is 4.22. The van der Waals surface area contributed by atoms with E-state index in [9.17, 15) is 0 Å². The Morgan fingerprint density at radius 3 is 2.15 bits per heavy atom. The van der Waals surface area contributed by atoms with Crippen LogP contribution in [0.2, 0.25) is 0 Å². The third-order valence-electron chi connectivity index (χ3n) is 4.22. The van der Waals surface area contributed by atoms with Gasteiger partial charge < -0.3 is 0 Å². The van der Waals surface area contributed by atoms with Crippen molar-refractivity contribution in [3.63, 3.8) is 0 Å². The summed E-state index contributed by atoms with van der Waals surface area (Å²) in [5.74, 6) is 0.681. The van der Waals surface area contributed by atoms with Crippen LogP contribution in [-0.4, -0.2) is 0 Å². The monoisotopic (exact) mass is 258 g/mol. The molecule has 0 spiro atoms. The van der Waals surface area contributed by atoms with Crippen molar-refractivity contribution in [2.45, 2.75) is 20.3 Å². The second-order valence-electron chi connectivity index (χ2n) is 6.18. The maximum atomic E-state index is 2.39. The summed E-state index contributed by atoms with van der Waals surface area (Å²) in [4.78, 5) is 0. The van der Waals surface area contributed by atoms with E-state index in [1.165, 1.54) is 37.9 Å². The van der Waals surface area contributed by atoms with Crippen LogP contribution in [0.5, 0.6) is 0 Å². The van der Waals surface area contributed by atoms with E-state index >= 15 is 0 Å². The molecule has 0 aliphatic heterocycles. The van der Waals surface area contributed by atoms with E-state index in [1.807, 2.05) is 0 Å². The normalized spacial score (nSPS) is 12.2. The van der Waals surface area contributed by atoms with Crippen LogP contribution in [0.15, 0.2) is 54.6 Å². The van der Waals surface area contributed by atoms with E-state index < -0.39 is 0 Å². The lowest BCUT2D eigenvalue weighted by molar-refractivity contribution is 0.650. The molecule has 4 rings (SSSR count). The number of hydrogen-bond acceptors (Lipinski definition) is 0. The van der Waals surface area contributed by atoms with E-state index in [-0.39, 0.29) is 0 Å². The van der Waals surface area contributed by atoms with Gasteiger partial charge in [-0.2, -0.15) is 0 Å². The topological polar surface area (TPSA) is 0 Å². The largest absolute Gasteiger partial charge is 0.0625 e. The molecule has 0 aromatic heterocycles. The highest BCUT2D eigenvalue weighted by Gasteiger charge is 2.11. The van der Waals surface area contributed by atoms with Gasteiger partial charge in [0.25, 0.3) is 0 Å². The number of hydrogen-bond donors (Lipinski definition) is 0. The molecule has 0 nitrogen and oxygen atoms in total. The van der Waals surface area contributed by atoms with Crippen molar-refractivity contribution in [2.75, 3.05) is 0 Å². The Morgan fingerprint density at radius 1 is 0.750 bits per heavy atom. The van der Waals surface area contributed by atoms with Crippen molar-refractivity contribution in [1.29, 1.82) is 0 Å². The van der Waals surface area contributed by atoms with Crippen LogP contribution in [-0.2, 0) is 6.42 Å². The van der Waals surface area contributed by atoms with E-state index in [4.69, 9.17) is 0 Å². The molecule has 0 saturated heterocycles. The van der Waals surface area contributed by atoms with Crippen molar-refractivity contribution in [2.24, 2.45) is 5.92 Å². The summed E-state index contributed by atoms with van der Waals surface area (Å²) in [6.45, 7) is 4.59. The number of benzene rings is 4. The molecule has 0 saturated carbocycles. The van der Waals surface area contributed by atoms with Crippen LogP contribution in [0.3, 0.4) is 0 Å². The number of rotatable bonds is 2. The van der Waals surface area contributed by atoms with Gasteiger partial charge in [-0.3, -0.25) is 0 Å². The van der Waals surface area contributed by atoms with Gasteiger partial charge >= 0.3 is 0 Å². The van der Waals surface area contributed by atoms with Gasteiger partial charge in [-0.25, -0.2) is 0 Å². The minimum absolute atomic E-state index is 0.681. The molecule has 0 amide bonds. The lowest BCUT2D eigenvalue weighted by Gasteiger charge is -2.15. The zero-order chi connectivity index (χ0) is 13.7. The quantitative estimate of drug-likeness (QED) is 0.400. The van der Waals surface area contributed by atoms with Gasteiger partial charge in [0.1, 0.15) is 0 Å². The van der Waals surface area contributed by atoms with Gasteiger partial charge in [0.05, 0.1) is 0 Å². The zero-order valence-corrected chi connectivity index (χ0v) is 12.0. The highest BCUT2D eigenvalue weighted by atomic mass is 14.2. The highest BCUT2D eigenvalue weighted by Crippen LogP contribution is 2.36. The molecule has 20 heavy (non-hydrogen) atoms. The molecule has 0 N–H and O–H groups in total. The second-order valence-corrected chi connectivity index (χ2v) is 6.18. The molecule has 0 unspecified atom stereocenters. The van der Waals surface area contributed by atoms with Gasteiger partial charge in [0.15, 0.2) is 0 Å². The summed E-state index contributed by atoms with van der Waals surface area (Å²) in [5, 5.41) is 8.38. The van der Waals surface area contributed by atoms with Crippen LogP contribution >= 0.6 is 0 Å². The van der Waals surface area contributed by atoms with Crippen LogP contribution in [0.1, 0.15) is 19.4 Å². The van der Waals surface area contributed by atoms with Crippen LogP contribution in [0.4, 0.5) is 0 Å². The Balaban J connectivity index is 2.24. The third kappa shape index (κ3) is 1.61. The zero-order valence-electron chi connectivity index (χ0n) is 12.0. The molecule has 4 aromatic rings. The van der Waals surface area contributed by atoms with Crippen molar-refractivity contribution < 1.29 is 0 Å². The second kappa shape index (κ2) is 4.21. The summed E-state index contributed by atoms with van der Waals surface area (Å²) in [6, 6.07) is 20.2. The lowest BCUT2D eigenvalue weighted by Crippen LogP contribution is -1.96. The molecule has 0 bridgehead atoms. The molecule has 98 valence electrons. The molecule has 0 aliphatic carbocycles. The molecule has 0 heterocycles. The van der Waals surface area contributed by atoms with Crippen molar-refractivity contribution in [1.82, 2.24) is 0 Å². The lowest BCUT2D eigenvalue weighted by atomic mass is 9.89. The maximum absolute atomic E-state index is 2.39. The summed E-state index contributed by atoms with van der Waals surface area (Å²) < 4.78 is 0. The van der Waals surface area contributed by atoms with Gasteiger partial charge in [-0.15, -0.1) is 0 Å². The van der Waals surface area contributed by atoms with E-state index in [0.717, 1.165) is 6.42 Å². The highest BCUT2D eigenvalue weighted by molar-refractivity contribution is 6.23. The van der Waals surface area contributed by atoms with E-state index in [0.29, 0.717) is 5.92 Å². The molecular weight excluding hydrogens is 240 g/mol. The van der Waals surface area contributed by atoms with Gasteiger partial charge in [0, 0.05) is 0 Å². The summed E-state index contributed by atoms with van der Waals surface area (Å²) in [7, 11) is 0. The van der Waals surface area contributed by atoms with Gasteiger partial charge in [-0.05, 0) is 50.2 Å². The molecule has 0 fully saturated rings. The van der Waals surface area contributed by atoms with E-state index in [2.05, 4.69) is 68.4 Å². The first kappa shape index (κ1) is 11.7. The molecular formula is C20H18. The first-order chi connectivity index (χ1) is 9.74. The summed E-state index contributed by atoms with van der Waals surface area (Å²) >= 11 is 0. The Hall–Kier alpha value is -2.08. The predicted octanol–water partition coefficient (Wildman–Crippen LogP) is 5.78. The fourth-order valence-electron chi connectivity index (χ4n) is 3.45. The van der Waals surface area contributed by atoms with Crippen molar-refractivity contribution in [3.8, 4) is 0 Å². The molecule has 4 aromatic carbocycles. The first-order valence-corrected chi connectivity index (χ1v) is 7.39. The molecule has 0 aliphatic rings. The minimum Gasteiger partial charge on any atom is -0.0625 e.